The molecule has 0 aliphatic carbocycles. The zero-order chi connectivity index (χ0) is 14.7. The van der Waals surface area contributed by atoms with Crippen LogP contribution >= 0.6 is 0 Å². The van der Waals surface area contributed by atoms with Crippen LogP contribution in [0.2, 0.25) is 0 Å². The summed E-state index contributed by atoms with van der Waals surface area (Å²) in [7, 11) is 0. The molecule has 0 saturated carbocycles. The molecule has 0 radical (unpaired) electrons. The fraction of sp³-hybridized carbons (Fsp3) is 0.211. The van der Waals surface area contributed by atoms with Gasteiger partial charge in [0.25, 0.3) is 0 Å². The molecule has 106 valence electrons. The summed E-state index contributed by atoms with van der Waals surface area (Å²) in [5.74, 6) is 0.726. The van der Waals surface area contributed by atoms with E-state index in [2.05, 4.69) is 30.8 Å². The number of ether oxygens (including phenoxy) is 1. The highest BCUT2D eigenvalue weighted by Crippen LogP contribution is 2.25. The Bertz CT molecular complexity index is 646. The molecule has 0 N–H and O–H groups in total. The van der Waals surface area contributed by atoms with Gasteiger partial charge in [0, 0.05) is 5.56 Å². The zero-order valence-corrected chi connectivity index (χ0v) is 12.2. The molecule has 2 atom stereocenters. The van der Waals surface area contributed by atoms with Gasteiger partial charge < -0.3 is 4.74 Å². The molecular weight excluding hydrogens is 258 g/mol. The Labute approximate surface area is 125 Å². The standard InChI is InChI=1S/C19H19NO/c1-14(2)18-17(13-15-9-5-3-6-10-15)20-19(21-18)16-11-7-4-8-12-16/h3-12,17-18H,1,13H2,2H3/t17-,18-/m0/s1. The first-order chi connectivity index (χ1) is 10.2. The van der Waals surface area contributed by atoms with Gasteiger partial charge in [-0.2, -0.15) is 0 Å². The first kappa shape index (κ1) is 13.6. The van der Waals surface area contributed by atoms with E-state index in [1.807, 2.05) is 43.3 Å². The van der Waals surface area contributed by atoms with Gasteiger partial charge in [-0.3, -0.25) is 0 Å². The fourth-order valence-electron chi connectivity index (χ4n) is 2.61. The van der Waals surface area contributed by atoms with Crippen LogP contribution in [0.4, 0.5) is 0 Å². The molecule has 0 spiro atoms. The molecule has 21 heavy (non-hydrogen) atoms. The summed E-state index contributed by atoms with van der Waals surface area (Å²) in [4.78, 5) is 4.79. The summed E-state index contributed by atoms with van der Waals surface area (Å²) in [6.07, 6.45) is 0.828. The largest absolute Gasteiger partial charge is 0.467 e. The van der Waals surface area contributed by atoms with E-state index in [4.69, 9.17) is 9.73 Å². The smallest absolute Gasteiger partial charge is 0.217 e. The van der Waals surface area contributed by atoms with Gasteiger partial charge in [-0.25, -0.2) is 4.99 Å². The van der Waals surface area contributed by atoms with Crippen LogP contribution in [0, 0.1) is 0 Å². The van der Waals surface area contributed by atoms with Crippen molar-refractivity contribution < 1.29 is 4.74 Å². The molecule has 0 aromatic heterocycles. The molecule has 2 nitrogen and oxygen atoms in total. The lowest BCUT2D eigenvalue weighted by molar-refractivity contribution is 0.229. The summed E-state index contributed by atoms with van der Waals surface area (Å²) < 4.78 is 6.04. The van der Waals surface area contributed by atoms with E-state index in [1.54, 1.807) is 0 Å². The molecule has 1 aliphatic rings. The van der Waals surface area contributed by atoms with Crippen molar-refractivity contribution in [1.29, 1.82) is 0 Å². The van der Waals surface area contributed by atoms with Crippen molar-refractivity contribution in [2.45, 2.75) is 25.5 Å². The van der Waals surface area contributed by atoms with E-state index in [0.717, 1.165) is 23.5 Å². The van der Waals surface area contributed by atoms with Crippen molar-refractivity contribution in [3.05, 3.63) is 83.9 Å². The van der Waals surface area contributed by atoms with Gasteiger partial charge >= 0.3 is 0 Å². The summed E-state index contributed by atoms with van der Waals surface area (Å²) in [6, 6.07) is 20.6. The lowest BCUT2D eigenvalue weighted by Gasteiger charge is -2.17. The first-order valence-corrected chi connectivity index (χ1v) is 7.23. The van der Waals surface area contributed by atoms with Gasteiger partial charge in [-0.05, 0) is 36.6 Å². The highest BCUT2D eigenvalue weighted by Gasteiger charge is 2.32. The summed E-state index contributed by atoms with van der Waals surface area (Å²) >= 11 is 0. The number of hydrogen-bond acceptors (Lipinski definition) is 2. The quantitative estimate of drug-likeness (QED) is 0.773. The minimum absolute atomic E-state index is 0.0413. The number of benzene rings is 2. The third kappa shape index (κ3) is 3.05. The van der Waals surface area contributed by atoms with Gasteiger partial charge in [0.1, 0.15) is 6.10 Å². The molecular formula is C19H19NO. The minimum Gasteiger partial charge on any atom is -0.467 e. The number of rotatable bonds is 4. The lowest BCUT2D eigenvalue weighted by Crippen LogP contribution is -2.25. The van der Waals surface area contributed by atoms with E-state index >= 15 is 0 Å². The zero-order valence-electron chi connectivity index (χ0n) is 12.2. The normalized spacial score (nSPS) is 20.7. The van der Waals surface area contributed by atoms with Crippen LogP contribution in [-0.2, 0) is 11.2 Å². The molecule has 0 bridgehead atoms. The molecule has 0 unspecified atom stereocenters. The molecule has 0 saturated heterocycles. The van der Waals surface area contributed by atoms with Crippen molar-refractivity contribution in [1.82, 2.24) is 0 Å². The van der Waals surface area contributed by atoms with Crippen LogP contribution in [0.15, 0.2) is 77.8 Å². The third-order valence-corrected chi connectivity index (χ3v) is 3.67. The number of aliphatic imine (C=N–C) groups is 1. The van der Waals surface area contributed by atoms with E-state index in [0.29, 0.717) is 0 Å². The van der Waals surface area contributed by atoms with E-state index in [-0.39, 0.29) is 12.1 Å². The Hall–Kier alpha value is -2.35. The van der Waals surface area contributed by atoms with Crippen molar-refractivity contribution in [2.75, 3.05) is 0 Å². The SMILES string of the molecule is C=C(C)[C@@H]1OC(c2ccccc2)=N[C@H]1Cc1ccccc1. The highest BCUT2D eigenvalue weighted by atomic mass is 16.5. The van der Waals surface area contributed by atoms with E-state index in [9.17, 15) is 0 Å². The number of hydrogen-bond donors (Lipinski definition) is 0. The number of nitrogens with zero attached hydrogens (tertiary/aromatic N) is 1. The van der Waals surface area contributed by atoms with Crippen LogP contribution < -0.4 is 0 Å². The topological polar surface area (TPSA) is 21.6 Å². The molecule has 2 aromatic rings. The highest BCUT2D eigenvalue weighted by molar-refractivity contribution is 5.95. The van der Waals surface area contributed by atoms with Crippen molar-refractivity contribution >= 4 is 5.90 Å². The van der Waals surface area contributed by atoms with E-state index in [1.165, 1.54) is 5.56 Å². The molecule has 0 fully saturated rings. The van der Waals surface area contributed by atoms with Crippen LogP contribution in [-0.4, -0.2) is 18.0 Å². The molecule has 0 amide bonds. The second-order valence-electron chi connectivity index (χ2n) is 5.44. The van der Waals surface area contributed by atoms with Crippen LogP contribution in [0.3, 0.4) is 0 Å². The average Bonchev–Trinajstić information content (AvgIpc) is 2.93. The lowest BCUT2D eigenvalue weighted by atomic mass is 9.98. The Morgan fingerprint density at radius 1 is 1.05 bits per heavy atom. The van der Waals surface area contributed by atoms with Crippen LogP contribution in [0.1, 0.15) is 18.1 Å². The Kier molecular flexibility index (Phi) is 3.87. The van der Waals surface area contributed by atoms with Gasteiger partial charge in [0.05, 0.1) is 6.04 Å². The van der Waals surface area contributed by atoms with Gasteiger partial charge in [0.15, 0.2) is 0 Å². The maximum atomic E-state index is 6.04. The van der Waals surface area contributed by atoms with Crippen LogP contribution in [0.25, 0.3) is 0 Å². The first-order valence-electron chi connectivity index (χ1n) is 7.23. The molecule has 3 rings (SSSR count). The van der Waals surface area contributed by atoms with Crippen molar-refractivity contribution in [2.24, 2.45) is 4.99 Å². The predicted octanol–water partition coefficient (Wildman–Crippen LogP) is 4.02. The summed E-state index contributed by atoms with van der Waals surface area (Å²) in [5.41, 5.74) is 3.32. The fourth-order valence-corrected chi connectivity index (χ4v) is 2.61. The van der Waals surface area contributed by atoms with Gasteiger partial charge in [0.2, 0.25) is 5.90 Å². The van der Waals surface area contributed by atoms with Crippen molar-refractivity contribution in [3.63, 3.8) is 0 Å². The minimum atomic E-state index is -0.0413. The Morgan fingerprint density at radius 2 is 1.67 bits per heavy atom. The summed E-state index contributed by atoms with van der Waals surface area (Å²) in [6.45, 7) is 6.06. The maximum Gasteiger partial charge on any atom is 0.217 e. The molecule has 2 aromatic carbocycles. The predicted molar refractivity (Wildman–Crippen MR) is 86.6 cm³/mol. The van der Waals surface area contributed by atoms with Gasteiger partial charge in [-0.15, -0.1) is 0 Å². The Balaban J connectivity index is 1.85. The Morgan fingerprint density at radius 3 is 2.29 bits per heavy atom. The molecule has 2 heteroatoms. The maximum absolute atomic E-state index is 6.04. The molecule has 1 heterocycles. The monoisotopic (exact) mass is 277 g/mol. The van der Waals surface area contributed by atoms with Crippen LogP contribution in [0.5, 0.6) is 0 Å². The summed E-state index contributed by atoms with van der Waals surface area (Å²) in [5, 5.41) is 0. The second-order valence-corrected chi connectivity index (χ2v) is 5.44. The third-order valence-electron chi connectivity index (χ3n) is 3.67. The second kappa shape index (κ2) is 5.96. The van der Waals surface area contributed by atoms with Gasteiger partial charge in [-0.1, -0.05) is 55.1 Å². The van der Waals surface area contributed by atoms with E-state index < -0.39 is 0 Å². The average molecular weight is 277 g/mol. The molecule has 1 aliphatic heterocycles. The van der Waals surface area contributed by atoms with Crippen molar-refractivity contribution in [3.8, 4) is 0 Å².